The fourth-order valence-electron chi connectivity index (χ4n) is 2.52. The lowest BCUT2D eigenvalue weighted by Crippen LogP contribution is -2.33. The number of benzene rings is 1. The van der Waals surface area contributed by atoms with Gasteiger partial charge in [-0.1, -0.05) is 0 Å². The second-order valence-corrected chi connectivity index (χ2v) is 8.25. The maximum atomic E-state index is 12.4. The summed E-state index contributed by atoms with van der Waals surface area (Å²) in [5.74, 6) is -0.118. The van der Waals surface area contributed by atoms with E-state index in [0.29, 0.717) is 43.7 Å². The molecule has 0 amide bonds. The molecule has 0 radical (unpaired) electrons. The van der Waals surface area contributed by atoms with Crippen LogP contribution < -0.4 is 10.5 Å². The normalized spacial score (nSPS) is 17.3. The molecular weight excluding hydrogens is 375 g/mol. The van der Waals surface area contributed by atoms with Gasteiger partial charge < -0.3 is 19.9 Å². The smallest absolute Gasteiger partial charge is 0.202 e. The first-order valence-electron chi connectivity index (χ1n) is 8.45. The number of nitrogens with zero attached hydrogens (tertiary/aromatic N) is 1. The van der Waals surface area contributed by atoms with Crippen molar-refractivity contribution in [3.05, 3.63) is 36.2 Å². The van der Waals surface area contributed by atoms with Gasteiger partial charge in [0.1, 0.15) is 12.4 Å². The van der Waals surface area contributed by atoms with Crippen LogP contribution in [0.4, 0.5) is 4.39 Å². The largest absolute Gasteiger partial charge is 0.489 e. The Morgan fingerprint density at radius 3 is 2.56 bits per heavy atom. The highest BCUT2D eigenvalue weighted by Gasteiger charge is 2.33. The molecule has 1 aromatic carbocycles. The first-order chi connectivity index (χ1) is 12.9. The van der Waals surface area contributed by atoms with E-state index >= 15 is 0 Å². The molecule has 1 aromatic rings. The third kappa shape index (κ3) is 6.01. The van der Waals surface area contributed by atoms with Gasteiger partial charge >= 0.3 is 0 Å². The van der Waals surface area contributed by atoms with Crippen molar-refractivity contribution in [3.63, 3.8) is 0 Å². The molecule has 0 atom stereocenters. The predicted molar refractivity (Wildman–Crippen MR) is 96.3 cm³/mol. The molecule has 2 rings (SSSR count). The zero-order valence-electron chi connectivity index (χ0n) is 14.9. The summed E-state index contributed by atoms with van der Waals surface area (Å²) in [5, 5.41) is 9.36. The van der Waals surface area contributed by atoms with Crippen molar-refractivity contribution in [1.82, 2.24) is 0 Å². The maximum Gasteiger partial charge on any atom is 0.202 e. The van der Waals surface area contributed by atoms with Crippen LogP contribution in [0.5, 0.6) is 5.75 Å². The number of nitrogens with two attached hydrogens (primary N) is 1. The molecule has 2 N–H and O–H groups in total. The fourth-order valence-corrected chi connectivity index (χ4v) is 3.51. The summed E-state index contributed by atoms with van der Waals surface area (Å²) in [6.45, 7) is 1.01. The summed E-state index contributed by atoms with van der Waals surface area (Å²) in [6, 6.07) is 7.97. The van der Waals surface area contributed by atoms with Crippen LogP contribution >= 0.6 is 0 Å². The molecule has 148 valence electrons. The number of ether oxygens (including phenoxy) is 3. The lowest BCUT2D eigenvalue weighted by atomic mass is 9.83. The highest BCUT2D eigenvalue weighted by Crippen LogP contribution is 2.30. The van der Waals surface area contributed by atoms with Crippen molar-refractivity contribution in [2.45, 2.75) is 17.7 Å². The average molecular weight is 398 g/mol. The van der Waals surface area contributed by atoms with Crippen molar-refractivity contribution in [1.29, 1.82) is 5.26 Å². The van der Waals surface area contributed by atoms with E-state index in [0.717, 1.165) is 0 Å². The number of hydrogen-bond acceptors (Lipinski definition) is 7. The predicted octanol–water partition coefficient (Wildman–Crippen LogP) is 1.95. The minimum absolute atomic E-state index is 0.0117. The summed E-state index contributed by atoms with van der Waals surface area (Å²) in [4.78, 5) is 0.0768. The number of rotatable bonds is 9. The van der Waals surface area contributed by atoms with Gasteiger partial charge in [0.25, 0.3) is 0 Å². The molecule has 0 unspecified atom stereocenters. The fraction of sp³-hybridized carbons (Fsp3) is 0.500. The highest BCUT2D eigenvalue weighted by atomic mass is 32.2. The topological polar surface area (TPSA) is 112 Å². The Labute approximate surface area is 158 Å². The molecule has 0 aromatic heterocycles. The van der Waals surface area contributed by atoms with Crippen LogP contribution in [0.1, 0.15) is 12.8 Å². The second kappa shape index (κ2) is 9.80. The lowest BCUT2D eigenvalue weighted by molar-refractivity contribution is -0.00192. The molecule has 7 nitrogen and oxygen atoms in total. The molecule has 9 heteroatoms. The van der Waals surface area contributed by atoms with Crippen LogP contribution in [0.15, 0.2) is 41.1 Å². The molecule has 27 heavy (non-hydrogen) atoms. The summed E-state index contributed by atoms with van der Waals surface area (Å²) in [6.07, 6.45) is 1.43. The van der Waals surface area contributed by atoms with Crippen LogP contribution in [0, 0.1) is 16.7 Å². The number of hydrogen-bond donors (Lipinski definition) is 1. The Balaban J connectivity index is 1.91. The van der Waals surface area contributed by atoms with E-state index < -0.39 is 21.2 Å². The first kappa shape index (κ1) is 21.3. The monoisotopic (exact) mass is 398 g/mol. The van der Waals surface area contributed by atoms with Crippen LogP contribution in [0.25, 0.3) is 0 Å². The van der Waals surface area contributed by atoms with Crippen LogP contribution in [0.3, 0.4) is 0 Å². The van der Waals surface area contributed by atoms with Crippen molar-refractivity contribution >= 4 is 9.84 Å². The lowest BCUT2D eigenvalue weighted by Gasteiger charge is -2.30. The number of nitriles is 1. The Bertz CT molecular complexity index is 781. The van der Waals surface area contributed by atoms with Crippen molar-refractivity contribution in [3.8, 4) is 11.8 Å². The molecule has 0 aliphatic carbocycles. The summed E-state index contributed by atoms with van der Waals surface area (Å²) >= 11 is 0. The summed E-state index contributed by atoms with van der Waals surface area (Å²) in [7, 11) is -3.66. The first-order valence-corrected chi connectivity index (χ1v) is 10.1. The van der Waals surface area contributed by atoms with Gasteiger partial charge in [0, 0.05) is 25.3 Å². The zero-order chi connectivity index (χ0) is 19.8. The van der Waals surface area contributed by atoms with Gasteiger partial charge in [-0.2, -0.15) is 5.26 Å². The molecule has 1 saturated heterocycles. The van der Waals surface area contributed by atoms with E-state index in [1.54, 1.807) is 0 Å². The Morgan fingerprint density at radius 1 is 1.33 bits per heavy atom. The van der Waals surface area contributed by atoms with E-state index in [9.17, 15) is 18.1 Å². The second-order valence-electron chi connectivity index (χ2n) is 6.32. The maximum absolute atomic E-state index is 12.4. The van der Waals surface area contributed by atoms with Gasteiger partial charge in [0.05, 0.1) is 29.3 Å². The quantitative estimate of drug-likeness (QED) is 0.676. The third-order valence-corrected chi connectivity index (χ3v) is 5.79. The molecule has 0 bridgehead atoms. The minimum Gasteiger partial charge on any atom is -0.489 e. The Kier molecular flexibility index (Phi) is 7.74. The van der Waals surface area contributed by atoms with Crippen molar-refractivity contribution in [2.75, 3.05) is 38.9 Å². The van der Waals surface area contributed by atoms with Gasteiger partial charge in [-0.3, -0.25) is 0 Å². The number of sulfone groups is 1. The third-order valence-electron chi connectivity index (χ3n) is 4.33. The van der Waals surface area contributed by atoms with Gasteiger partial charge in [0.2, 0.25) is 9.84 Å². The van der Waals surface area contributed by atoms with Gasteiger partial charge in [-0.25, -0.2) is 12.8 Å². The van der Waals surface area contributed by atoms with E-state index in [1.807, 2.05) is 0 Å². The van der Waals surface area contributed by atoms with E-state index in [4.69, 9.17) is 19.9 Å². The Morgan fingerprint density at radius 2 is 2.00 bits per heavy atom. The molecule has 1 aliphatic rings. The minimum atomic E-state index is -3.66. The van der Waals surface area contributed by atoms with Crippen molar-refractivity contribution < 1.29 is 27.0 Å². The summed E-state index contributed by atoms with van der Waals surface area (Å²) < 4.78 is 53.2. The van der Waals surface area contributed by atoms with Crippen LogP contribution in [-0.4, -0.2) is 47.3 Å². The van der Waals surface area contributed by atoms with E-state index in [2.05, 4.69) is 6.07 Å². The molecule has 1 fully saturated rings. The average Bonchev–Trinajstić information content (AvgIpc) is 2.69. The van der Waals surface area contributed by atoms with Gasteiger partial charge in [-0.05, 0) is 37.1 Å². The van der Waals surface area contributed by atoms with Gasteiger partial charge in [-0.15, -0.1) is 0 Å². The molecule has 1 aliphatic heterocycles. The number of halogens is 1. The molecule has 0 spiro atoms. The molecule has 0 saturated carbocycles. The van der Waals surface area contributed by atoms with Crippen molar-refractivity contribution in [2.24, 2.45) is 11.1 Å². The van der Waals surface area contributed by atoms with Crippen LogP contribution in [-0.2, 0) is 19.3 Å². The molecule has 1 heterocycles. The van der Waals surface area contributed by atoms with E-state index in [-0.39, 0.29) is 24.7 Å². The SMILES string of the molecule is N#CC1(COCS(=O)(=O)c2ccc(OCC(=CF)CN)cc2)CCOCC1. The van der Waals surface area contributed by atoms with Gasteiger partial charge in [0.15, 0.2) is 5.94 Å². The zero-order valence-corrected chi connectivity index (χ0v) is 15.7. The Hall–Kier alpha value is -1.99. The van der Waals surface area contributed by atoms with Crippen LogP contribution in [0.2, 0.25) is 0 Å². The molecular formula is C18H23FN2O5S. The summed E-state index contributed by atoms with van der Waals surface area (Å²) in [5.41, 5.74) is 4.93. The van der Waals surface area contributed by atoms with E-state index in [1.165, 1.54) is 24.3 Å². The highest BCUT2D eigenvalue weighted by molar-refractivity contribution is 7.91. The standard InChI is InChI=1S/C18H23FN2O5S/c19-9-15(10-20)11-26-16-1-3-17(4-2-16)27(22,23)14-25-13-18(12-21)5-7-24-8-6-18/h1-4,9H,5-8,10-11,13-14,20H2.